The number of sulfonamides is 1. The Morgan fingerprint density at radius 2 is 2.00 bits per heavy atom. The minimum absolute atomic E-state index is 0.221. The Bertz CT molecular complexity index is 808. The molecular weight excluding hydrogens is 391 g/mol. The number of anilines is 1. The van der Waals surface area contributed by atoms with Gasteiger partial charge in [-0.3, -0.25) is 4.79 Å². The molecule has 1 N–H and O–H groups in total. The second-order valence-electron chi connectivity index (χ2n) is 4.95. The number of thiophene rings is 1. The van der Waals surface area contributed by atoms with Crippen LogP contribution in [0.3, 0.4) is 0 Å². The van der Waals surface area contributed by atoms with Gasteiger partial charge in [-0.05, 0) is 36.1 Å². The Balaban J connectivity index is 2.12. The number of nitrogens with zero attached hydrogens (tertiary/aromatic N) is 1. The molecule has 9 heteroatoms. The molecule has 1 heterocycles. The highest BCUT2D eigenvalue weighted by Gasteiger charge is 2.26. The molecule has 0 unspecified atom stereocenters. The summed E-state index contributed by atoms with van der Waals surface area (Å²) < 4.78 is 26.6. The Morgan fingerprint density at radius 3 is 2.58 bits per heavy atom. The van der Waals surface area contributed by atoms with Gasteiger partial charge in [-0.1, -0.05) is 36.2 Å². The Morgan fingerprint density at radius 1 is 1.25 bits per heavy atom. The van der Waals surface area contributed by atoms with Crippen LogP contribution < -0.4 is 5.32 Å². The zero-order valence-corrected chi connectivity index (χ0v) is 16.0. The van der Waals surface area contributed by atoms with Crippen LogP contribution in [0.25, 0.3) is 0 Å². The van der Waals surface area contributed by atoms with Gasteiger partial charge in [0.25, 0.3) is 10.0 Å². The molecule has 2 aromatic rings. The second kappa shape index (κ2) is 8.31. The zero-order chi connectivity index (χ0) is 17.7. The highest BCUT2D eigenvalue weighted by molar-refractivity contribution is 7.91. The molecule has 0 radical (unpaired) electrons. The van der Waals surface area contributed by atoms with Crippen molar-refractivity contribution in [3.63, 3.8) is 0 Å². The largest absolute Gasteiger partial charge is 0.325 e. The van der Waals surface area contributed by atoms with Gasteiger partial charge in [0, 0.05) is 12.2 Å². The molecule has 1 aromatic heterocycles. The molecule has 0 aliphatic carbocycles. The lowest BCUT2D eigenvalue weighted by atomic mass is 10.3. The topological polar surface area (TPSA) is 66.5 Å². The average Bonchev–Trinajstić information content (AvgIpc) is 3.05. The zero-order valence-electron chi connectivity index (χ0n) is 12.8. The minimum Gasteiger partial charge on any atom is -0.325 e. The number of hydrogen-bond acceptors (Lipinski definition) is 4. The van der Waals surface area contributed by atoms with E-state index in [1.807, 2.05) is 6.92 Å². The summed E-state index contributed by atoms with van der Waals surface area (Å²) in [4.78, 5) is 12.2. The van der Waals surface area contributed by atoms with E-state index in [9.17, 15) is 13.2 Å². The van der Waals surface area contributed by atoms with E-state index >= 15 is 0 Å². The highest BCUT2D eigenvalue weighted by Crippen LogP contribution is 2.25. The van der Waals surface area contributed by atoms with Crippen LogP contribution in [0.1, 0.15) is 13.3 Å². The molecule has 130 valence electrons. The van der Waals surface area contributed by atoms with Crippen molar-refractivity contribution >= 4 is 56.2 Å². The van der Waals surface area contributed by atoms with E-state index in [0.29, 0.717) is 22.2 Å². The van der Waals surface area contributed by atoms with Crippen molar-refractivity contribution < 1.29 is 13.2 Å². The van der Waals surface area contributed by atoms with Crippen molar-refractivity contribution in [2.24, 2.45) is 0 Å². The Labute approximate surface area is 155 Å². The first kappa shape index (κ1) is 19.2. The summed E-state index contributed by atoms with van der Waals surface area (Å²) in [5.41, 5.74) is 0.458. The summed E-state index contributed by atoms with van der Waals surface area (Å²) in [5, 5.41) is 5.01. The molecule has 0 saturated carbocycles. The number of nitrogens with one attached hydrogen (secondary N) is 1. The maximum Gasteiger partial charge on any atom is 0.253 e. The van der Waals surface area contributed by atoms with Crippen LogP contribution in [0.4, 0.5) is 5.69 Å². The van der Waals surface area contributed by atoms with Crippen LogP contribution in [-0.2, 0) is 14.8 Å². The summed E-state index contributed by atoms with van der Waals surface area (Å²) in [6, 6.07) is 7.87. The molecule has 0 atom stereocenters. The van der Waals surface area contributed by atoms with Gasteiger partial charge < -0.3 is 5.32 Å². The second-order valence-corrected chi connectivity index (χ2v) is 8.87. The average molecular weight is 407 g/mol. The molecule has 0 bridgehead atoms. The molecule has 5 nitrogen and oxygen atoms in total. The van der Waals surface area contributed by atoms with Crippen LogP contribution in [0.15, 0.2) is 39.9 Å². The first-order valence-electron chi connectivity index (χ1n) is 7.13. The monoisotopic (exact) mass is 406 g/mol. The van der Waals surface area contributed by atoms with Crippen molar-refractivity contribution in [3.05, 3.63) is 45.8 Å². The standard InChI is InChI=1S/C15H16Cl2N2O3S2/c1-2-7-19(24(21,22)15-4-3-8-23-15)10-14(20)18-11-5-6-12(16)13(17)9-11/h3-6,8-9H,2,7,10H2,1H3,(H,18,20). The maximum absolute atomic E-state index is 12.6. The van der Waals surface area contributed by atoms with Crippen LogP contribution in [-0.4, -0.2) is 31.7 Å². The van der Waals surface area contributed by atoms with E-state index in [-0.39, 0.29) is 17.3 Å². The number of carbonyl (C=O) groups excluding carboxylic acids is 1. The molecule has 1 aromatic carbocycles. The van der Waals surface area contributed by atoms with Gasteiger partial charge in [-0.15, -0.1) is 11.3 Å². The first-order chi connectivity index (χ1) is 11.3. The van der Waals surface area contributed by atoms with Crippen molar-refractivity contribution in [1.82, 2.24) is 4.31 Å². The van der Waals surface area contributed by atoms with E-state index in [2.05, 4.69) is 5.32 Å². The van der Waals surface area contributed by atoms with Crippen molar-refractivity contribution in [3.8, 4) is 0 Å². The van der Waals surface area contributed by atoms with E-state index in [0.717, 1.165) is 11.3 Å². The molecule has 0 spiro atoms. The fourth-order valence-electron chi connectivity index (χ4n) is 2.01. The van der Waals surface area contributed by atoms with E-state index in [1.54, 1.807) is 23.6 Å². The van der Waals surface area contributed by atoms with Gasteiger partial charge in [0.15, 0.2) is 0 Å². The fraction of sp³-hybridized carbons (Fsp3) is 0.267. The Hall–Kier alpha value is -1.12. The number of halogens is 2. The normalized spacial score (nSPS) is 11.7. The Kier molecular flexibility index (Phi) is 6.65. The number of rotatable bonds is 7. The third-order valence-electron chi connectivity index (χ3n) is 3.09. The van der Waals surface area contributed by atoms with E-state index in [4.69, 9.17) is 23.2 Å². The molecule has 0 aliphatic rings. The molecule has 24 heavy (non-hydrogen) atoms. The lowest BCUT2D eigenvalue weighted by Crippen LogP contribution is -2.38. The summed E-state index contributed by atoms with van der Waals surface area (Å²) in [6.45, 7) is 1.84. The quantitative estimate of drug-likeness (QED) is 0.752. The fourth-order valence-corrected chi connectivity index (χ4v) is 4.94. The number of carbonyl (C=O) groups is 1. The molecular formula is C15H16Cl2N2O3S2. The first-order valence-corrected chi connectivity index (χ1v) is 10.2. The van der Waals surface area contributed by atoms with Gasteiger partial charge in [-0.2, -0.15) is 4.31 Å². The summed E-state index contributed by atoms with van der Waals surface area (Å²) in [7, 11) is -3.68. The van der Waals surface area contributed by atoms with Crippen LogP contribution in [0.2, 0.25) is 10.0 Å². The highest BCUT2D eigenvalue weighted by atomic mass is 35.5. The summed E-state index contributed by atoms with van der Waals surface area (Å²) in [6.07, 6.45) is 0.602. The van der Waals surface area contributed by atoms with Crippen molar-refractivity contribution in [2.75, 3.05) is 18.4 Å². The maximum atomic E-state index is 12.6. The van der Waals surface area contributed by atoms with Gasteiger partial charge in [-0.25, -0.2) is 8.42 Å². The third-order valence-corrected chi connectivity index (χ3v) is 7.04. The van der Waals surface area contributed by atoms with Gasteiger partial charge in [0.1, 0.15) is 4.21 Å². The van der Waals surface area contributed by atoms with Crippen molar-refractivity contribution in [1.29, 1.82) is 0 Å². The number of benzene rings is 1. The van der Waals surface area contributed by atoms with Crippen LogP contribution in [0, 0.1) is 0 Å². The minimum atomic E-state index is -3.68. The predicted octanol–water partition coefficient (Wildman–Crippen LogP) is 4.09. The van der Waals surface area contributed by atoms with Crippen LogP contribution >= 0.6 is 34.5 Å². The lowest BCUT2D eigenvalue weighted by molar-refractivity contribution is -0.116. The van der Waals surface area contributed by atoms with Crippen molar-refractivity contribution in [2.45, 2.75) is 17.6 Å². The number of hydrogen-bond donors (Lipinski definition) is 1. The SMILES string of the molecule is CCCN(CC(=O)Nc1ccc(Cl)c(Cl)c1)S(=O)(=O)c1cccs1. The number of amides is 1. The van der Waals surface area contributed by atoms with E-state index in [1.165, 1.54) is 16.4 Å². The van der Waals surface area contributed by atoms with E-state index < -0.39 is 15.9 Å². The van der Waals surface area contributed by atoms with Gasteiger partial charge >= 0.3 is 0 Å². The van der Waals surface area contributed by atoms with Gasteiger partial charge in [0.05, 0.1) is 16.6 Å². The molecule has 0 saturated heterocycles. The summed E-state index contributed by atoms with van der Waals surface area (Å²) >= 11 is 12.9. The molecule has 2 rings (SSSR count). The summed E-state index contributed by atoms with van der Waals surface area (Å²) in [5.74, 6) is -0.443. The smallest absolute Gasteiger partial charge is 0.253 e. The molecule has 1 amide bonds. The lowest BCUT2D eigenvalue weighted by Gasteiger charge is -2.20. The van der Waals surface area contributed by atoms with Crippen LogP contribution in [0.5, 0.6) is 0 Å². The van der Waals surface area contributed by atoms with Gasteiger partial charge in [0.2, 0.25) is 5.91 Å². The predicted molar refractivity (Wildman–Crippen MR) is 98.5 cm³/mol. The molecule has 0 aliphatic heterocycles. The molecule has 0 fully saturated rings. The third kappa shape index (κ3) is 4.70.